The first kappa shape index (κ1) is 20.7. The van der Waals surface area contributed by atoms with E-state index in [-0.39, 0.29) is 10.8 Å². The van der Waals surface area contributed by atoms with Gasteiger partial charge in [-0.05, 0) is 43.9 Å². The topological polar surface area (TPSA) is 80.2 Å². The number of amides is 1. The van der Waals surface area contributed by atoms with Gasteiger partial charge in [0.15, 0.2) is 6.54 Å². The molecular formula is C18H30N3O4S+. The normalized spacial score (nSPS) is 16.8. The predicted molar refractivity (Wildman–Crippen MR) is 101 cm³/mol. The molecule has 1 saturated heterocycles. The number of hydrogen-bond donors (Lipinski definition) is 2. The molecule has 7 nitrogen and oxygen atoms in total. The van der Waals surface area contributed by atoms with Crippen LogP contribution in [0.2, 0.25) is 0 Å². The maximum Gasteiger partial charge on any atom is 0.279 e. The quantitative estimate of drug-likeness (QED) is 0.758. The van der Waals surface area contributed by atoms with Gasteiger partial charge in [-0.3, -0.25) is 4.79 Å². The van der Waals surface area contributed by atoms with Crippen LogP contribution in [0.3, 0.4) is 0 Å². The van der Waals surface area contributed by atoms with Gasteiger partial charge in [0, 0.05) is 14.1 Å². The molecule has 0 radical (unpaired) electrons. The fourth-order valence-corrected chi connectivity index (χ4v) is 4.09. The van der Waals surface area contributed by atoms with E-state index in [1.807, 2.05) is 0 Å². The average Bonchev–Trinajstić information content (AvgIpc) is 2.57. The lowest BCUT2D eigenvalue weighted by Gasteiger charge is -2.21. The number of ether oxygens (including phenoxy) is 1. The Labute approximate surface area is 156 Å². The van der Waals surface area contributed by atoms with Crippen molar-refractivity contribution in [3.63, 3.8) is 0 Å². The number of carbonyl (C=O) groups is 1. The van der Waals surface area contributed by atoms with Gasteiger partial charge >= 0.3 is 0 Å². The van der Waals surface area contributed by atoms with E-state index >= 15 is 0 Å². The number of anilines is 1. The van der Waals surface area contributed by atoms with E-state index in [4.69, 9.17) is 4.74 Å². The van der Waals surface area contributed by atoms with Crippen molar-refractivity contribution >= 4 is 21.6 Å². The molecule has 0 bridgehead atoms. The summed E-state index contributed by atoms with van der Waals surface area (Å²) in [5, 5.41) is 2.83. The highest BCUT2D eigenvalue weighted by Gasteiger charge is 2.21. The van der Waals surface area contributed by atoms with Crippen molar-refractivity contribution < 1.29 is 22.8 Å². The van der Waals surface area contributed by atoms with Crippen molar-refractivity contribution in [2.24, 2.45) is 0 Å². The van der Waals surface area contributed by atoms with Gasteiger partial charge in [-0.1, -0.05) is 6.42 Å². The Hall–Kier alpha value is -1.64. The van der Waals surface area contributed by atoms with Gasteiger partial charge in [0.2, 0.25) is 10.0 Å². The second-order valence-corrected chi connectivity index (χ2v) is 9.04. The summed E-state index contributed by atoms with van der Waals surface area (Å²) >= 11 is 0. The second-order valence-electron chi connectivity index (χ2n) is 6.89. The molecule has 0 aromatic heterocycles. The van der Waals surface area contributed by atoms with Crippen LogP contribution in [-0.2, 0) is 14.8 Å². The number of rotatable bonds is 6. The molecule has 8 heteroatoms. The highest BCUT2D eigenvalue weighted by molar-refractivity contribution is 7.89. The number of hydrogen-bond acceptors (Lipinski definition) is 4. The van der Waals surface area contributed by atoms with Gasteiger partial charge in [-0.15, -0.1) is 0 Å². The zero-order chi connectivity index (χ0) is 19.2. The summed E-state index contributed by atoms with van der Waals surface area (Å²) in [4.78, 5) is 13.9. The van der Waals surface area contributed by atoms with Crippen molar-refractivity contribution in [3.8, 4) is 5.75 Å². The van der Waals surface area contributed by atoms with E-state index in [1.165, 1.54) is 57.5 Å². The zero-order valence-electron chi connectivity index (χ0n) is 15.9. The fourth-order valence-electron chi connectivity index (χ4n) is 3.16. The molecule has 1 aliphatic heterocycles. The molecular weight excluding hydrogens is 354 g/mol. The number of likely N-dealkylation sites (tertiary alicyclic amines) is 1. The minimum absolute atomic E-state index is 0.122. The summed E-state index contributed by atoms with van der Waals surface area (Å²) in [5.41, 5.74) is 0.381. The molecule has 26 heavy (non-hydrogen) atoms. The third-order valence-electron chi connectivity index (χ3n) is 4.69. The van der Waals surface area contributed by atoms with E-state index in [0.29, 0.717) is 18.0 Å². The van der Waals surface area contributed by atoms with Gasteiger partial charge in [0.25, 0.3) is 5.91 Å². The smallest absolute Gasteiger partial charge is 0.279 e. The Bertz CT molecular complexity index is 711. The van der Waals surface area contributed by atoms with Crippen molar-refractivity contribution in [2.45, 2.75) is 37.0 Å². The number of benzene rings is 1. The highest BCUT2D eigenvalue weighted by Crippen LogP contribution is 2.28. The van der Waals surface area contributed by atoms with E-state index < -0.39 is 10.0 Å². The Balaban J connectivity index is 2.12. The first-order valence-electron chi connectivity index (χ1n) is 9.08. The Morgan fingerprint density at radius 3 is 2.35 bits per heavy atom. The number of methoxy groups -OCH3 is 1. The predicted octanol–water partition coefficient (Wildman–Crippen LogP) is 0.733. The van der Waals surface area contributed by atoms with Crippen LogP contribution < -0.4 is 15.0 Å². The molecule has 2 rings (SSSR count). The molecule has 1 aliphatic rings. The molecule has 2 N–H and O–H groups in total. The summed E-state index contributed by atoms with van der Waals surface area (Å²) < 4.78 is 31.1. The molecule has 0 aliphatic carbocycles. The van der Waals surface area contributed by atoms with Crippen LogP contribution in [0.5, 0.6) is 5.75 Å². The lowest BCUT2D eigenvalue weighted by atomic mass is 10.1. The number of sulfonamides is 1. The molecule has 1 aromatic rings. The minimum Gasteiger partial charge on any atom is -0.495 e. The van der Waals surface area contributed by atoms with Gasteiger partial charge in [-0.2, -0.15) is 0 Å². The second kappa shape index (κ2) is 9.34. The summed E-state index contributed by atoms with van der Waals surface area (Å²) in [6, 6.07) is 4.50. The monoisotopic (exact) mass is 384 g/mol. The van der Waals surface area contributed by atoms with Crippen LogP contribution in [0.4, 0.5) is 5.69 Å². The van der Waals surface area contributed by atoms with E-state index in [9.17, 15) is 13.2 Å². The number of nitrogens with one attached hydrogen (secondary N) is 2. The fraction of sp³-hybridized carbons (Fsp3) is 0.611. The Kier molecular flexibility index (Phi) is 7.43. The van der Waals surface area contributed by atoms with E-state index in [1.54, 1.807) is 6.07 Å². The molecule has 0 spiro atoms. The molecule has 146 valence electrons. The van der Waals surface area contributed by atoms with Crippen LogP contribution >= 0.6 is 0 Å². The standard InChI is InChI=1S/C18H29N3O4S/c1-20(2)26(23,24)15-9-10-17(25-3)16(13-15)19-18(22)14-21-11-7-5-4-6-8-12-21/h9-10,13H,4-8,11-12,14H2,1-3H3,(H,19,22)/p+1. The summed E-state index contributed by atoms with van der Waals surface area (Å²) in [5.74, 6) is 0.317. The molecule has 1 aromatic carbocycles. The van der Waals surface area contributed by atoms with Crippen LogP contribution in [-0.4, -0.2) is 59.5 Å². The number of nitrogens with zero attached hydrogens (tertiary/aromatic N) is 1. The summed E-state index contributed by atoms with van der Waals surface area (Å²) in [6.45, 7) is 2.38. The zero-order valence-corrected chi connectivity index (χ0v) is 16.7. The highest BCUT2D eigenvalue weighted by atomic mass is 32.2. The molecule has 0 atom stereocenters. The maximum atomic E-state index is 12.5. The summed E-state index contributed by atoms with van der Waals surface area (Å²) in [6.07, 6.45) is 6.02. The van der Waals surface area contributed by atoms with Gasteiger partial charge in [0.1, 0.15) is 5.75 Å². The largest absolute Gasteiger partial charge is 0.495 e. The molecule has 1 amide bonds. The van der Waals surface area contributed by atoms with E-state index in [2.05, 4.69) is 5.32 Å². The minimum atomic E-state index is -3.57. The number of carbonyl (C=O) groups excluding carboxylic acids is 1. The number of quaternary nitrogens is 1. The Morgan fingerprint density at radius 1 is 1.15 bits per heavy atom. The van der Waals surface area contributed by atoms with Crippen LogP contribution in [0.15, 0.2) is 23.1 Å². The van der Waals surface area contributed by atoms with E-state index in [0.717, 1.165) is 30.2 Å². The van der Waals surface area contributed by atoms with Gasteiger partial charge < -0.3 is 15.0 Å². The van der Waals surface area contributed by atoms with Gasteiger partial charge in [0.05, 0.1) is 30.8 Å². The van der Waals surface area contributed by atoms with Gasteiger partial charge in [-0.25, -0.2) is 12.7 Å². The third-order valence-corrected chi connectivity index (χ3v) is 6.51. The molecule has 1 heterocycles. The van der Waals surface area contributed by atoms with Crippen molar-refractivity contribution in [3.05, 3.63) is 18.2 Å². The average molecular weight is 385 g/mol. The van der Waals surface area contributed by atoms with Crippen LogP contribution in [0, 0.1) is 0 Å². The Morgan fingerprint density at radius 2 is 1.77 bits per heavy atom. The van der Waals surface area contributed by atoms with Crippen molar-refractivity contribution in [1.82, 2.24) is 4.31 Å². The first-order valence-corrected chi connectivity index (χ1v) is 10.5. The molecule has 0 saturated carbocycles. The van der Waals surface area contributed by atoms with Crippen LogP contribution in [0.25, 0.3) is 0 Å². The lowest BCUT2D eigenvalue weighted by Crippen LogP contribution is -3.13. The van der Waals surface area contributed by atoms with Crippen molar-refractivity contribution in [1.29, 1.82) is 0 Å². The first-order chi connectivity index (χ1) is 12.3. The molecule has 1 fully saturated rings. The van der Waals surface area contributed by atoms with Crippen molar-refractivity contribution in [2.75, 3.05) is 46.2 Å². The summed E-state index contributed by atoms with van der Waals surface area (Å²) in [7, 11) is 0.870. The lowest BCUT2D eigenvalue weighted by molar-refractivity contribution is -0.892. The van der Waals surface area contributed by atoms with Crippen LogP contribution in [0.1, 0.15) is 32.1 Å². The SMILES string of the molecule is COc1ccc(S(=O)(=O)N(C)C)cc1NC(=O)C[NH+]1CCCCCCC1. The molecule has 0 unspecified atom stereocenters. The maximum absolute atomic E-state index is 12.5. The third kappa shape index (κ3) is 5.43.